The minimum Gasteiger partial charge on any atom is -0.497 e. The number of amides is 1. The maximum Gasteiger partial charge on any atom is 0.323 e. The van der Waals surface area contributed by atoms with E-state index in [0.29, 0.717) is 24.3 Å². The van der Waals surface area contributed by atoms with Crippen molar-refractivity contribution in [3.05, 3.63) is 27.3 Å². The third-order valence-electron chi connectivity index (χ3n) is 2.51. The highest BCUT2D eigenvalue weighted by Crippen LogP contribution is 2.21. The van der Waals surface area contributed by atoms with Gasteiger partial charge in [0.2, 0.25) is 0 Å². The van der Waals surface area contributed by atoms with Crippen LogP contribution in [0.2, 0.25) is 0 Å². The zero-order valence-corrected chi connectivity index (χ0v) is 13.0. The van der Waals surface area contributed by atoms with Crippen molar-refractivity contribution in [2.75, 3.05) is 20.2 Å². The van der Waals surface area contributed by atoms with Gasteiger partial charge in [-0.3, -0.25) is 9.59 Å². The molecule has 0 spiro atoms. The van der Waals surface area contributed by atoms with Crippen LogP contribution >= 0.6 is 22.6 Å². The van der Waals surface area contributed by atoms with Crippen molar-refractivity contribution >= 4 is 34.5 Å². The van der Waals surface area contributed by atoms with E-state index in [9.17, 15) is 9.59 Å². The number of carbonyl (C=O) groups excluding carboxylic acids is 1. The Kier molecular flexibility index (Phi) is 6.07. The fourth-order valence-electron chi connectivity index (χ4n) is 1.65. The second-order valence-electron chi connectivity index (χ2n) is 3.97. The largest absolute Gasteiger partial charge is 0.497 e. The van der Waals surface area contributed by atoms with Crippen molar-refractivity contribution in [2.24, 2.45) is 0 Å². The number of halogens is 1. The predicted molar refractivity (Wildman–Crippen MR) is 79.5 cm³/mol. The van der Waals surface area contributed by atoms with Gasteiger partial charge < -0.3 is 14.7 Å². The molecule has 6 heteroatoms. The molecule has 0 radical (unpaired) electrons. The molecular weight excluding hydrogens is 361 g/mol. The van der Waals surface area contributed by atoms with Crippen molar-refractivity contribution in [3.63, 3.8) is 0 Å². The SMILES string of the molecule is CCCN(CC(=O)O)C(=O)c1ccc(OC)cc1I. The summed E-state index contributed by atoms with van der Waals surface area (Å²) in [5, 5.41) is 8.84. The van der Waals surface area contributed by atoms with Crippen LogP contribution in [0.1, 0.15) is 23.7 Å². The summed E-state index contributed by atoms with van der Waals surface area (Å²) in [6, 6.07) is 5.10. The van der Waals surface area contributed by atoms with E-state index in [1.807, 2.05) is 29.5 Å². The Labute approximate surface area is 125 Å². The van der Waals surface area contributed by atoms with Gasteiger partial charge in [-0.2, -0.15) is 0 Å². The van der Waals surface area contributed by atoms with Crippen LogP contribution in [-0.4, -0.2) is 42.1 Å². The minimum atomic E-state index is -1.01. The highest BCUT2D eigenvalue weighted by atomic mass is 127. The first-order valence-corrected chi connectivity index (χ1v) is 6.92. The molecule has 1 amide bonds. The molecular formula is C13H16INO4. The van der Waals surface area contributed by atoms with Crippen LogP contribution in [0.15, 0.2) is 18.2 Å². The number of aliphatic carboxylic acids is 1. The van der Waals surface area contributed by atoms with Gasteiger partial charge >= 0.3 is 5.97 Å². The van der Waals surface area contributed by atoms with Crippen LogP contribution in [0.25, 0.3) is 0 Å². The molecule has 0 fully saturated rings. The van der Waals surface area contributed by atoms with Crippen molar-refractivity contribution < 1.29 is 19.4 Å². The number of hydrogen-bond acceptors (Lipinski definition) is 3. The molecule has 1 N–H and O–H groups in total. The van der Waals surface area contributed by atoms with Gasteiger partial charge in [0.15, 0.2) is 0 Å². The van der Waals surface area contributed by atoms with Crippen molar-refractivity contribution in [1.29, 1.82) is 0 Å². The van der Waals surface area contributed by atoms with Gasteiger partial charge in [0.05, 0.1) is 12.7 Å². The Balaban J connectivity index is 2.98. The summed E-state index contributed by atoms with van der Waals surface area (Å²) < 4.78 is 5.82. The van der Waals surface area contributed by atoms with Crippen LogP contribution in [0.5, 0.6) is 5.75 Å². The standard InChI is InChI=1S/C13H16INO4/c1-3-6-15(8-12(16)17)13(18)10-5-4-9(19-2)7-11(10)14/h4-5,7H,3,6,8H2,1-2H3,(H,16,17). The maximum absolute atomic E-state index is 12.3. The molecule has 1 rings (SSSR count). The first-order chi connectivity index (χ1) is 8.99. The van der Waals surface area contributed by atoms with E-state index in [1.165, 1.54) is 4.90 Å². The molecule has 19 heavy (non-hydrogen) atoms. The smallest absolute Gasteiger partial charge is 0.323 e. The van der Waals surface area contributed by atoms with Crippen LogP contribution in [0.4, 0.5) is 0 Å². The van der Waals surface area contributed by atoms with Gasteiger partial charge in [0.25, 0.3) is 5.91 Å². The van der Waals surface area contributed by atoms with Gasteiger partial charge in [-0.1, -0.05) is 6.92 Å². The van der Waals surface area contributed by atoms with E-state index < -0.39 is 5.97 Å². The number of benzene rings is 1. The van der Waals surface area contributed by atoms with E-state index >= 15 is 0 Å². The van der Waals surface area contributed by atoms with Crippen molar-refractivity contribution in [2.45, 2.75) is 13.3 Å². The zero-order valence-electron chi connectivity index (χ0n) is 10.9. The summed E-state index contributed by atoms with van der Waals surface area (Å²) in [5.41, 5.74) is 0.496. The van der Waals surface area contributed by atoms with Gasteiger partial charge in [-0.25, -0.2) is 0 Å². The molecule has 0 unspecified atom stereocenters. The van der Waals surface area contributed by atoms with Crippen molar-refractivity contribution in [3.8, 4) is 5.75 Å². The molecule has 0 aromatic heterocycles. The van der Waals surface area contributed by atoms with E-state index in [4.69, 9.17) is 9.84 Å². The number of carbonyl (C=O) groups is 2. The number of ether oxygens (including phenoxy) is 1. The van der Waals surface area contributed by atoms with Gasteiger partial charge in [-0.15, -0.1) is 0 Å². The van der Waals surface area contributed by atoms with Gasteiger partial charge in [-0.05, 0) is 47.2 Å². The zero-order chi connectivity index (χ0) is 14.4. The second-order valence-corrected chi connectivity index (χ2v) is 5.13. The normalized spacial score (nSPS) is 10.1. The van der Waals surface area contributed by atoms with Crippen LogP contribution in [0.3, 0.4) is 0 Å². The molecule has 0 aliphatic carbocycles. The van der Waals surface area contributed by atoms with Crippen LogP contribution < -0.4 is 4.74 Å². The lowest BCUT2D eigenvalue weighted by Crippen LogP contribution is -2.36. The molecule has 5 nitrogen and oxygen atoms in total. The number of carboxylic acids is 1. The molecule has 104 valence electrons. The molecule has 0 aliphatic heterocycles. The monoisotopic (exact) mass is 377 g/mol. The van der Waals surface area contributed by atoms with E-state index in [1.54, 1.807) is 25.3 Å². The Morgan fingerprint density at radius 3 is 2.58 bits per heavy atom. The molecule has 0 heterocycles. The summed E-state index contributed by atoms with van der Waals surface area (Å²) >= 11 is 2.05. The Bertz CT molecular complexity index is 476. The minimum absolute atomic E-state index is 0.267. The summed E-state index contributed by atoms with van der Waals surface area (Å²) in [5.74, 6) is -0.608. The third-order valence-corrected chi connectivity index (χ3v) is 3.41. The van der Waals surface area contributed by atoms with Crippen LogP contribution in [0, 0.1) is 3.57 Å². The number of methoxy groups -OCH3 is 1. The highest BCUT2D eigenvalue weighted by molar-refractivity contribution is 14.1. The quantitative estimate of drug-likeness (QED) is 0.773. The van der Waals surface area contributed by atoms with E-state index in [2.05, 4.69) is 0 Å². The predicted octanol–water partition coefficient (Wildman–Crippen LogP) is 2.24. The summed E-state index contributed by atoms with van der Waals surface area (Å²) in [6.45, 7) is 2.04. The average molecular weight is 377 g/mol. The van der Waals surface area contributed by atoms with Gasteiger partial charge in [0.1, 0.15) is 12.3 Å². The fourth-order valence-corrected chi connectivity index (χ4v) is 2.37. The number of carboxylic acid groups (broad SMARTS) is 1. The lowest BCUT2D eigenvalue weighted by atomic mass is 10.2. The van der Waals surface area contributed by atoms with Crippen LogP contribution in [-0.2, 0) is 4.79 Å². The number of nitrogens with zero attached hydrogens (tertiary/aromatic N) is 1. The number of rotatable bonds is 6. The molecule has 0 bridgehead atoms. The third kappa shape index (κ3) is 4.38. The fraction of sp³-hybridized carbons (Fsp3) is 0.385. The maximum atomic E-state index is 12.3. The Morgan fingerprint density at radius 2 is 2.11 bits per heavy atom. The molecule has 0 saturated heterocycles. The number of hydrogen-bond donors (Lipinski definition) is 1. The lowest BCUT2D eigenvalue weighted by molar-refractivity contribution is -0.137. The molecule has 0 aliphatic rings. The van der Waals surface area contributed by atoms with E-state index in [-0.39, 0.29) is 12.5 Å². The topological polar surface area (TPSA) is 66.8 Å². The van der Waals surface area contributed by atoms with E-state index in [0.717, 1.165) is 3.57 Å². The summed E-state index contributed by atoms with van der Waals surface area (Å²) in [4.78, 5) is 24.4. The Morgan fingerprint density at radius 1 is 1.42 bits per heavy atom. The molecule has 1 aromatic carbocycles. The van der Waals surface area contributed by atoms with Crippen molar-refractivity contribution in [1.82, 2.24) is 4.90 Å². The first-order valence-electron chi connectivity index (χ1n) is 5.84. The summed E-state index contributed by atoms with van der Waals surface area (Å²) in [6.07, 6.45) is 0.714. The lowest BCUT2D eigenvalue weighted by Gasteiger charge is -2.20. The molecule has 0 saturated carbocycles. The highest BCUT2D eigenvalue weighted by Gasteiger charge is 2.20. The second kappa shape index (κ2) is 7.32. The molecule has 1 aromatic rings. The average Bonchev–Trinajstić information content (AvgIpc) is 2.36. The molecule has 0 atom stereocenters. The Hall–Kier alpha value is -1.31. The summed E-state index contributed by atoms with van der Waals surface area (Å²) in [7, 11) is 1.56. The first kappa shape index (κ1) is 15.7. The van der Waals surface area contributed by atoms with Gasteiger partial charge in [0, 0.05) is 10.1 Å².